The first-order chi connectivity index (χ1) is 9.27. The average molecular weight is 267 g/mol. The lowest BCUT2D eigenvalue weighted by Crippen LogP contribution is -2.22. The number of carbonyl (C=O) groups is 1. The summed E-state index contributed by atoms with van der Waals surface area (Å²) in [7, 11) is 0. The van der Waals surface area contributed by atoms with Gasteiger partial charge in [-0.15, -0.1) is 11.8 Å². The molecule has 2 aromatic rings. The number of rotatable bonds is 3. The van der Waals surface area contributed by atoms with Gasteiger partial charge in [-0.2, -0.15) is 0 Å². The largest absolute Gasteiger partial charge is 0.298 e. The van der Waals surface area contributed by atoms with Gasteiger partial charge in [0, 0.05) is 21.7 Å². The Labute approximate surface area is 116 Å². The second-order valence-electron chi connectivity index (χ2n) is 4.31. The van der Waals surface area contributed by atoms with Crippen LogP contribution in [0.1, 0.15) is 15.9 Å². The van der Waals surface area contributed by atoms with Crippen molar-refractivity contribution in [1.29, 1.82) is 0 Å². The Balaban J connectivity index is 1.78. The normalized spacial score (nSPS) is 13.8. The fourth-order valence-corrected chi connectivity index (χ4v) is 3.03. The molecule has 0 N–H and O–H groups in total. The van der Waals surface area contributed by atoms with Crippen LogP contribution in [-0.4, -0.2) is 16.7 Å². The Hall–Kier alpha value is -2.00. The number of amides is 1. The van der Waals surface area contributed by atoms with Crippen LogP contribution in [0.2, 0.25) is 0 Å². The highest BCUT2D eigenvalue weighted by molar-refractivity contribution is 7.99. The molecule has 2 aromatic carbocycles. The van der Waals surface area contributed by atoms with Crippen LogP contribution < -0.4 is 0 Å². The Morgan fingerprint density at radius 1 is 0.947 bits per heavy atom. The molecule has 3 rings (SSSR count). The molecular weight excluding hydrogens is 254 g/mol. The maximum absolute atomic E-state index is 12.3. The zero-order chi connectivity index (χ0) is 13.2. The van der Waals surface area contributed by atoms with Crippen LogP contribution >= 0.6 is 11.8 Å². The molecule has 0 unspecified atom stereocenters. The summed E-state index contributed by atoms with van der Waals surface area (Å²) in [4.78, 5) is 15.2. The second kappa shape index (κ2) is 4.94. The topological polar surface area (TPSA) is 20.3 Å². The van der Waals surface area contributed by atoms with Crippen molar-refractivity contribution in [2.24, 2.45) is 0 Å². The first kappa shape index (κ1) is 12.1. The number of hydrogen-bond acceptors (Lipinski definition) is 2. The number of carbonyl (C=O) groups excluding carboxylic acids is 1. The maximum atomic E-state index is 12.3. The van der Waals surface area contributed by atoms with Gasteiger partial charge in [0.05, 0.1) is 5.88 Å². The predicted molar refractivity (Wildman–Crippen MR) is 78.8 cm³/mol. The lowest BCUT2D eigenvalue weighted by atomic mass is 10.1. The minimum atomic E-state index is 0.0454. The van der Waals surface area contributed by atoms with E-state index in [1.165, 1.54) is 0 Å². The van der Waals surface area contributed by atoms with E-state index in [0.717, 1.165) is 21.7 Å². The summed E-state index contributed by atoms with van der Waals surface area (Å²) >= 11 is 1.64. The summed E-state index contributed by atoms with van der Waals surface area (Å²) < 4.78 is 0. The van der Waals surface area contributed by atoms with E-state index in [-0.39, 0.29) is 5.91 Å². The predicted octanol–water partition coefficient (Wildman–Crippen LogP) is 3.86. The van der Waals surface area contributed by atoms with E-state index in [2.05, 4.69) is 6.58 Å². The second-order valence-corrected chi connectivity index (χ2v) is 5.33. The highest BCUT2D eigenvalue weighted by atomic mass is 32.2. The van der Waals surface area contributed by atoms with E-state index in [0.29, 0.717) is 5.88 Å². The van der Waals surface area contributed by atoms with Gasteiger partial charge in [0.1, 0.15) is 0 Å². The van der Waals surface area contributed by atoms with Crippen molar-refractivity contribution < 1.29 is 4.79 Å². The summed E-state index contributed by atoms with van der Waals surface area (Å²) in [6.45, 7) is 4.03. The van der Waals surface area contributed by atoms with E-state index in [9.17, 15) is 4.79 Å². The molecule has 1 aliphatic rings. The van der Waals surface area contributed by atoms with Crippen molar-refractivity contribution in [3.63, 3.8) is 0 Å². The monoisotopic (exact) mass is 267 g/mol. The van der Waals surface area contributed by atoms with Gasteiger partial charge in [-0.25, -0.2) is 0 Å². The molecule has 0 saturated heterocycles. The third-order valence-corrected chi connectivity index (χ3v) is 4.14. The van der Waals surface area contributed by atoms with Gasteiger partial charge in [-0.1, -0.05) is 43.0 Å². The molecule has 0 aliphatic carbocycles. The van der Waals surface area contributed by atoms with Gasteiger partial charge in [-0.05, 0) is 18.2 Å². The third-order valence-electron chi connectivity index (χ3n) is 3.14. The minimum absolute atomic E-state index is 0.0454. The van der Waals surface area contributed by atoms with Crippen molar-refractivity contribution in [3.8, 4) is 0 Å². The van der Waals surface area contributed by atoms with Crippen molar-refractivity contribution in [1.82, 2.24) is 4.90 Å². The first-order valence-corrected chi connectivity index (χ1v) is 7.04. The first-order valence-electron chi connectivity index (χ1n) is 6.05. The Kier molecular flexibility index (Phi) is 3.13. The van der Waals surface area contributed by atoms with Crippen molar-refractivity contribution >= 4 is 23.4 Å². The molecular formula is C16H13NOS. The van der Waals surface area contributed by atoms with E-state index in [1.807, 2.05) is 54.6 Å². The third kappa shape index (κ3) is 2.17. The van der Waals surface area contributed by atoms with Crippen LogP contribution in [0.3, 0.4) is 0 Å². The van der Waals surface area contributed by atoms with Gasteiger partial charge >= 0.3 is 0 Å². The molecule has 1 amide bonds. The molecule has 94 valence electrons. The molecule has 0 fully saturated rings. The average Bonchev–Trinajstić information content (AvgIpc) is 2.71. The van der Waals surface area contributed by atoms with Crippen molar-refractivity contribution in [2.45, 2.75) is 4.90 Å². The van der Waals surface area contributed by atoms with Crippen molar-refractivity contribution in [2.75, 3.05) is 5.88 Å². The van der Waals surface area contributed by atoms with Crippen LogP contribution in [0.25, 0.3) is 5.70 Å². The molecule has 19 heavy (non-hydrogen) atoms. The zero-order valence-electron chi connectivity index (χ0n) is 10.4. The van der Waals surface area contributed by atoms with E-state index in [1.54, 1.807) is 16.7 Å². The fourth-order valence-electron chi connectivity index (χ4n) is 2.13. The molecule has 2 nitrogen and oxygen atoms in total. The summed E-state index contributed by atoms with van der Waals surface area (Å²) in [6.07, 6.45) is 0. The van der Waals surface area contributed by atoms with Crippen molar-refractivity contribution in [3.05, 3.63) is 72.3 Å². The molecule has 0 bridgehead atoms. The molecule has 0 atom stereocenters. The molecule has 1 heterocycles. The lowest BCUT2D eigenvalue weighted by molar-refractivity contribution is 0.0869. The van der Waals surface area contributed by atoms with E-state index in [4.69, 9.17) is 0 Å². The maximum Gasteiger partial charge on any atom is 0.259 e. The molecule has 1 aliphatic heterocycles. The van der Waals surface area contributed by atoms with Crippen LogP contribution in [0.5, 0.6) is 0 Å². The Bertz CT molecular complexity index is 601. The lowest BCUT2D eigenvalue weighted by Gasteiger charge is -2.16. The standard InChI is InChI=1S/C16H13NOS/c1-12-14-9-5-6-10-15(14)16(18)17(12)11-19-13-7-3-2-4-8-13/h2-10H,1,11H2. The van der Waals surface area contributed by atoms with Gasteiger partial charge in [-0.3, -0.25) is 9.69 Å². The van der Waals surface area contributed by atoms with Crippen LogP contribution in [-0.2, 0) is 0 Å². The quantitative estimate of drug-likeness (QED) is 0.787. The summed E-state index contributed by atoms with van der Waals surface area (Å²) in [5.74, 6) is 0.639. The fraction of sp³-hybridized carbons (Fsp3) is 0.0625. The van der Waals surface area contributed by atoms with Gasteiger partial charge in [0.25, 0.3) is 5.91 Å². The van der Waals surface area contributed by atoms with Crippen LogP contribution in [0.4, 0.5) is 0 Å². The summed E-state index contributed by atoms with van der Waals surface area (Å²) in [5, 5.41) is 0. The summed E-state index contributed by atoms with van der Waals surface area (Å²) in [5.41, 5.74) is 2.49. The number of benzene rings is 2. The number of thioether (sulfide) groups is 1. The Morgan fingerprint density at radius 3 is 2.26 bits per heavy atom. The highest BCUT2D eigenvalue weighted by Gasteiger charge is 2.30. The smallest absolute Gasteiger partial charge is 0.259 e. The van der Waals surface area contributed by atoms with Crippen LogP contribution in [0, 0.1) is 0 Å². The zero-order valence-corrected chi connectivity index (χ0v) is 11.2. The van der Waals surface area contributed by atoms with E-state index >= 15 is 0 Å². The van der Waals surface area contributed by atoms with Gasteiger partial charge in [0.2, 0.25) is 0 Å². The summed E-state index contributed by atoms with van der Waals surface area (Å²) in [6, 6.07) is 17.7. The van der Waals surface area contributed by atoms with Gasteiger partial charge in [0.15, 0.2) is 0 Å². The van der Waals surface area contributed by atoms with Crippen LogP contribution in [0.15, 0.2) is 66.1 Å². The molecule has 3 heteroatoms. The molecule has 0 aromatic heterocycles. The number of nitrogens with zero attached hydrogens (tertiary/aromatic N) is 1. The minimum Gasteiger partial charge on any atom is -0.298 e. The molecule has 0 radical (unpaired) electrons. The van der Waals surface area contributed by atoms with Gasteiger partial charge < -0.3 is 0 Å². The molecule has 0 spiro atoms. The number of fused-ring (bicyclic) bond motifs is 1. The highest BCUT2D eigenvalue weighted by Crippen LogP contribution is 2.33. The Morgan fingerprint density at radius 2 is 1.58 bits per heavy atom. The number of hydrogen-bond donors (Lipinski definition) is 0. The SMILES string of the molecule is C=C1c2ccccc2C(=O)N1CSc1ccccc1. The van der Waals surface area contributed by atoms with E-state index < -0.39 is 0 Å². The molecule has 0 saturated carbocycles.